The summed E-state index contributed by atoms with van der Waals surface area (Å²) < 4.78 is 5.28. The fourth-order valence-corrected chi connectivity index (χ4v) is 2.81. The van der Waals surface area contributed by atoms with Crippen LogP contribution in [0.25, 0.3) is 0 Å². The van der Waals surface area contributed by atoms with Crippen molar-refractivity contribution in [1.29, 1.82) is 0 Å². The van der Waals surface area contributed by atoms with Gasteiger partial charge in [0.1, 0.15) is 0 Å². The van der Waals surface area contributed by atoms with Crippen LogP contribution >= 0.6 is 0 Å². The van der Waals surface area contributed by atoms with Gasteiger partial charge in [-0.15, -0.1) is 0 Å². The van der Waals surface area contributed by atoms with Gasteiger partial charge >= 0.3 is 0 Å². The van der Waals surface area contributed by atoms with Gasteiger partial charge in [0.2, 0.25) is 0 Å². The quantitative estimate of drug-likeness (QED) is 0.941. The average molecular weight is 284 g/mol. The van der Waals surface area contributed by atoms with Crippen LogP contribution in [-0.4, -0.2) is 36.5 Å². The van der Waals surface area contributed by atoms with Crippen LogP contribution in [0.3, 0.4) is 0 Å². The molecule has 4 nitrogen and oxygen atoms in total. The Labute approximate surface area is 124 Å². The molecule has 0 spiro atoms. The summed E-state index contributed by atoms with van der Waals surface area (Å²) in [6, 6.07) is 14.0. The molecule has 0 saturated carbocycles. The van der Waals surface area contributed by atoms with Gasteiger partial charge in [0.05, 0.1) is 6.26 Å². The van der Waals surface area contributed by atoms with Crippen molar-refractivity contribution in [3.63, 3.8) is 0 Å². The molecule has 1 unspecified atom stereocenters. The van der Waals surface area contributed by atoms with Crippen molar-refractivity contribution < 1.29 is 9.21 Å². The molecule has 1 aromatic heterocycles. The molecule has 1 atom stereocenters. The van der Waals surface area contributed by atoms with E-state index < -0.39 is 0 Å². The molecule has 2 aromatic rings. The predicted molar refractivity (Wildman–Crippen MR) is 81.2 cm³/mol. The third-order valence-corrected chi connectivity index (χ3v) is 3.88. The Kier molecular flexibility index (Phi) is 4.36. The van der Waals surface area contributed by atoms with E-state index in [1.807, 2.05) is 23.1 Å². The monoisotopic (exact) mass is 284 g/mol. The maximum absolute atomic E-state index is 12.6. The van der Waals surface area contributed by atoms with Crippen LogP contribution in [0.1, 0.15) is 22.5 Å². The largest absolute Gasteiger partial charge is 0.459 e. The zero-order valence-electron chi connectivity index (χ0n) is 12.0. The fraction of sp³-hybridized carbons (Fsp3) is 0.353. The smallest absolute Gasteiger partial charge is 0.289 e. The summed E-state index contributed by atoms with van der Waals surface area (Å²) in [4.78, 5) is 14.6. The van der Waals surface area contributed by atoms with Crippen molar-refractivity contribution in [1.82, 2.24) is 10.2 Å². The molecule has 21 heavy (non-hydrogen) atoms. The summed E-state index contributed by atoms with van der Waals surface area (Å²) >= 11 is 0. The van der Waals surface area contributed by atoms with Crippen LogP contribution in [0, 0.1) is 0 Å². The lowest BCUT2D eigenvalue weighted by atomic mass is 10.0. The first-order valence-corrected chi connectivity index (χ1v) is 7.44. The SMILES string of the molecule is O=C(c1ccco1)N1CCCNCC1Cc1ccccc1. The number of carbonyl (C=O) groups is 1. The number of hydrogen-bond donors (Lipinski definition) is 1. The summed E-state index contributed by atoms with van der Waals surface area (Å²) in [6.45, 7) is 2.54. The molecule has 1 N–H and O–H groups in total. The van der Waals surface area contributed by atoms with E-state index in [0.717, 1.165) is 32.5 Å². The van der Waals surface area contributed by atoms with Gasteiger partial charge in [-0.1, -0.05) is 30.3 Å². The highest BCUT2D eigenvalue weighted by Crippen LogP contribution is 2.15. The molecule has 1 saturated heterocycles. The van der Waals surface area contributed by atoms with Crippen molar-refractivity contribution in [2.24, 2.45) is 0 Å². The second-order valence-electron chi connectivity index (χ2n) is 5.38. The second-order valence-corrected chi connectivity index (χ2v) is 5.38. The molecule has 2 heterocycles. The van der Waals surface area contributed by atoms with Crippen LogP contribution in [0.4, 0.5) is 0 Å². The van der Waals surface area contributed by atoms with Gasteiger partial charge in [-0.2, -0.15) is 0 Å². The Morgan fingerprint density at radius 1 is 1.24 bits per heavy atom. The zero-order chi connectivity index (χ0) is 14.5. The van der Waals surface area contributed by atoms with Crippen LogP contribution in [0.15, 0.2) is 53.1 Å². The Hall–Kier alpha value is -2.07. The van der Waals surface area contributed by atoms with Crippen molar-refractivity contribution in [3.05, 3.63) is 60.1 Å². The lowest BCUT2D eigenvalue weighted by Crippen LogP contribution is -2.44. The Bertz CT molecular complexity index is 566. The molecular formula is C17H20N2O2. The van der Waals surface area contributed by atoms with E-state index >= 15 is 0 Å². The van der Waals surface area contributed by atoms with E-state index in [9.17, 15) is 4.79 Å². The number of nitrogens with one attached hydrogen (secondary N) is 1. The van der Waals surface area contributed by atoms with Crippen LogP contribution < -0.4 is 5.32 Å². The van der Waals surface area contributed by atoms with Gasteiger partial charge in [0.25, 0.3) is 5.91 Å². The number of benzene rings is 1. The minimum atomic E-state index is -0.00960. The number of furan rings is 1. The molecule has 110 valence electrons. The van der Waals surface area contributed by atoms with Gasteiger partial charge < -0.3 is 14.6 Å². The predicted octanol–water partition coefficient (Wildman–Crippen LogP) is 2.33. The lowest BCUT2D eigenvalue weighted by molar-refractivity contribution is 0.0659. The summed E-state index contributed by atoms with van der Waals surface area (Å²) in [6.07, 6.45) is 3.38. The second kappa shape index (κ2) is 6.59. The molecule has 1 aliphatic rings. The van der Waals surface area contributed by atoms with E-state index in [1.54, 1.807) is 18.4 Å². The Morgan fingerprint density at radius 3 is 2.86 bits per heavy atom. The fourth-order valence-electron chi connectivity index (χ4n) is 2.81. The van der Waals surface area contributed by atoms with Crippen molar-refractivity contribution in [2.75, 3.05) is 19.6 Å². The molecule has 3 rings (SSSR count). The van der Waals surface area contributed by atoms with Gasteiger partial charge in [-0.3, -0.25) is 4.79 Å². The first kappa shape index (κ1) is 13.9. The number of amides is 1. The molecule has 1 fully saturated rings. The number of hydrogen-bond acceptors (Lipinski definition) is 3. The van der Waals surface area contributed by atoms with Gasteiger partial charge in [-0.05, 0) is 37.1 Å². The van der Waals surface area contributed by atoms with E-state index in [0.29, 0.717) is 5.76 Å². The minimum Gasteiger partial charge on any atom is -0.459 e. The third-order valence-electron chi connectivity index (χ3n) is 3.88. The first-order chi connectivity index (χ1) is 10.3. The van der Waals surface area contributed by atoms with Crippen molar-refractivity contribution in [3.8, 4) is 0 Å². The molecule has 1 amide bonds. The Morgan fingerprint density at radius 2 is 2.10 bits per heavy atom. The number of rotatable bonds is 3. The number of nitrogens with zero attached hydrogens (tertiary/aromatic N) is 1. The molecule has 0 aliphatic carbocycles. The Balaban J connectivity index is 1.79. The normalized spacial score (nSPS) is 19.2. The highest BCUT2D eigenvalue weighted by Gasteiger charge is 2.27. The molecule has 1 aromatic carbocycles. The zero-order valence-corrected chi connectivity index (χ0v) is 12.0. The lowest BCUT2D eigenvalue weighted by Gasteiger charge is -2.29. The summed E-state index contributed by atoms with van der Waals surface area (Å²) in [5.41, 5.74) is 1.25. The summed E-state index contributed by atoms with van der Waals surface area (Å²) in [5.74, 6) is 0.416. The molecule has 0 radical (unpaired) electrons. The maximum atomic E-state index is 12.6. The minimum absolute atomic E-state index is 0.00960. The van der Waals surface area contributed by atoms with Crippen LogP contribution in [0.5, 0.6) is 0 Å². The van der Waals surface area contributed by atoms with Crippen LogP contribution in [0.2, 0.25) is 0 Å². The molecule has 0 bridgehead atoms. The van der Waals surface area contributed by atoms with E-state index in [4.69, 9.17) is 4.42 Å². The summed E-state index contributed by atoms with van der Waals surface area (Å²) in [5, 5.41) is 3.42. The third kappa shape index (κ3) is 3.34. The van der Waals surface area contributed by atoms with E-state index in [2.05, 4.69) is 17.4 Å². The summed E-state index contributed by atoms with van der Waals surface area (Å²) in [7, 11) is 0. The van der Waals surface area contributed by atoms with Gasteiger partial charge in [0.15, 0.2) is 5.76 Å². The van der Waals surface area contributed by atoms with Crippen molar-refractivity contribution in [2.45, 2.75) is 18.9 Å². The first-order valence-electron chi connectivity index (χ1n) is 7.44. The highest BCUT2D eigenvalue weighted by molar-refractivity contribution is 5.91. The molecular weight excluding hydrogens is 264 g/mol. The number of carbonyl (C=O) groups excluding carboxylic acids is 1. The molecule has 4 heteroatoms. The average Bonchev–Trinajstić information content (AvgIpc) is 2.96. The molecule has 1 aliphatic heterocycles. The van der Waals surface area contributed by atoms with Gasteiger partial charge in [-0.25, -0.2) is 0 Å². The van der Waals surface area contributed by atoms with Crippen molar-refractivity contribution >= 4 is 5.91 Å². The topological polar surface area (TPSA) is 45.5 Å². The van der Waals surface area contributed by atoms with E-state index in [-0.39, 0.29) is 11.9 Å². The highest BCUT2D eigenvalue weighted by atomic mass is 16.3. The van der Waals surface area contributed by atoms with Crippen LogP contribution in [-0.2, 0) is 6.42 Å². The van der Waals surface area contributed by atoms with Gasteiger partial charge in [0, 0.05) is 19.1 Å². The van der Waals surface area contributed by atoms with E-state index in [1.165, 1.54) is 5.56 Å². The maximum Gasteiger partial charge on any atom is 0.289 e. The standard InChI is InChI=1S/C17H20N2O2/c20-17(16-8-4-11-21-16)19-10-5-9-18-13-15(19)12-14-6-2-1-3-7-14/h1-4,6-8,11,15,18H,5,9-10,12-13H2.